The van der Waals surface area contributed by atoms with Gasteiger partial charge in [-0.15, -0.1) is 5.10 Å². The van der Waals surface area contributed by atoms with E-state index in [0.29, 0.717) is 23.6 Å². The van der Waals surface area contributed by atoms with Crippen molar-refractivity contribution in [2.24, 2.45) is 0 Å². The molecule has 0 unspecified atom stereocenters. The van der Waals surface area contributed by atoms with Gasteiger partial charge in [-0.25, -0.2) is 13.5 Å². The van der Waals surface area contributed by atoms with Gasteiger partial charge in [-0.3, -0.25) is 0 Å². The zero-order valence-corrected chi connectivity index (χ0v) is 8.61. The zero-order chi connectivity index (χ0) is 11.7. The van der Waals surface area contributed by atoms with Gasteiger partial charge >= 0.3 is 0 Å². The number of hydrogen-bond acceptors (Lipinski definition) is 3. The minimum atomic E-state index is -0.872. The standard InChI is InChI=1S/C10H10F2N4/c1-6-10(13)14-15-16(6)5-7-2-3-8(11)9(12)4-7/h2-4H,5,13H2,1H3. The Morgan fingerprint density at radius 1 is 1.31 bits per heavy atom. The Balaban J connectivity index is 2.27. The summed E-state index contributed by atoms with van der Waals surface area (Å²) in [5.41, 5.74) is 6.82. The van der Waals surface area contributed by atoms with Crippen LogP contribution in [0.15, 0.2) is 18.2 Å². The molecule has 1 aromatic carbocycles. The van der Waals surface area contributed by atoms with Gasteiger partial charge in [0.2, 0.25) is 0 Å². The lowest BCUT2D eigenvalue weighted by molar-refractivity contribution is 0.505. The van der Waals surface area contributed by atoms with E-state index in [1.54, 1.807) is 6.92 Å². The minimum absolute atomic E-state index is 0.313. The number of nitrogen functional groups attached to an aromatic ring is 1. The Kier molecular flexibility index (Phi) is 2.55. The van der Waals surface area contributed by atoms with Crippen LogP contribution in [-0.4, -0.2) is 15.0 Å². The van der Waals surface area contributed by atoms with E-state index in [4.69, 9.17) is 5.73 Å². The molecule has 0 aliphatic carbocycles. The molecular weight excluding hydrogens is 214 g/mol. The number of aromatic nitrogens is 3. The smallest absolute Gasteiger partial charge is 0.168 e. The average molecular weight is 224 g/mol. The van der Waals surface area contributed by atoms with Crippen LogP contribution in [0, 0.1) is 18.6 Å². The Hall–Kier alpha value is -1.98. The van der Waals surface area contributed by atoms with Crippen molar-refractivity contribution in [2.45, 2.75) is 13.5 Å². The van der Waals surface area contributed by atoms with Crippen LogP contribution in [0.5, 0.6) is 0 Å². The molecule has 1 aromatic heterocycles. The van der Waals surface area contributed by atoms with Crippen LogP contribution < -0.4 is 5.73 Å². The average Bonchev–Trinajstić information content (AvgIpc) is 2.55. The van der Waals surface area contributed by atoms with E-state index in [9.17, 15) is 8.78 Å². The first-order valence-corrected chi connectivity index (χ1v) is 4.67. The largest absolute Gasteiger partial charge is 0.381 e. The Morgan fingerprint density at radius 3 is 2.62 bits per heavy atom. The molecule has 6 heteroatoms. The molecule has 2 N–H and O–H groups in total. The summed E-state index contributed by atoms with van der Waals surface area (Å²) >= 11 is 0. The Morgan fingerprint density at radius 2 is 2.06 bits per heavy atom. The molecule has 0 radical (unpaired) electrons. The predicted octanol–water partition coefficient (Wildman–Crippen LogP) is 1.50. The molecule has 0 aliphatic rings. The molecule has 1 heterocycles. The first kappa shape index (κ1) is 10.5. The molecule has 0 fully saturated rings. The van der Waals surface area contributed by atoms with Crippen LogP contribution in [0.1, 0.15) is 11.3 Å². The van der Waals surface area contributed by atoms with E-state index in [2.05, 4.69) is 10.3 Å². The Labute approximate surface area is 90.7 Å². The summed E-state index contributed by atoms with van der Waals surface area (Å²) in [7, 11) is 0. The fourth-order valence-corrected chi connectivity index (χ4v) is 1.33. The molecule has 0 bridgehead atoms. The van der Waals surface area contributed by atoms with Gasteiger partial charge in [-0.1, -0.05) is 11.3 Å². The number of anilines is 1. The fourth-order valence-electron chi connectivity index (χ4n) is 1.33. The highest BCUT2D eigenvalue weighted by Crippen LogP contribution is 2.12. The van der Waals surface area contributed by atoms with Crippen molar-refractivity contribution in [3.63, 3.8) is 0 Å². The molecule has 0 saturated heterocycles. The van der Waals surface area contributed by atoms with Gasteiger partial charge in [0, 0.05) is 0 Å². The van der Waals surface area contributed by atoms with Crippen molar-refractivity contribution in [1.29, 1.82) is 0 Å². The van der Waals surface area contributed by atoms with Crippen molar-refractivity contribution >= 4 is 5.82 Å². The van der Waals surface area contributed by atoms with Gasteiger partial charge < -0.3 is 5.73 Å². The number of nitrogens with zero attached hydrogens (tertiary/aromatic N) is 3. The third-order valence-corrected chi connectivity index (χ3v) is 2.33. The second kappa shape index (κ2) is 3.88. The highest BCUT2D eigenvalue weighted by Gasteiger charge is 2.07. The molecule has 84 valence electrons. The second-order valence-electron chi connectivity index (χ2n) is 3.47. The lowest BCUT2D eigenvalue weighted by Crippen LogP contribution is -2.05. The van der Waals surface area contributed by atoms with Crippen molar-refractivity contribution in [3.05, 3.63) is 41.1 Å². The molecule has 0 aliphatic heterocycles. The van der Waals surface area contributed by atoms with E-state index in [1.165, 1.54) is 10.7 Å². The third kappa shape index (κ3) is 1.86. The summed E-state index contributed by atoms with van der Waals surface area (Å²) in [5.74, 6) is -1.40. The van der Waals surface area contributed by atoms with Gasteiger partial charge in [0.15, 0.2) is 17.5 Å². The second-order valence-corrected chi connectivity index (χ2v) is 3.47. The lowest BCUT2D eigenvalue weighted by Gasteiger charge is -2.03. The fraction of sp³-hybridized carbons (Fsp3) is 0.200. The molecule has 16 heavy (non-hydrogen) atoms. The third-order valence-electron chi connectivity index (χ3n) is 2.33. The molecule has 0 atom stereocenters. The van der Waals surface area contributed by atoms with Gasteiger partial charge in [-0.2, -0.15) is 0 Å². The Bertz CT molecular complexity index is 522. The van der Waals surface area contributed by atoms with Crippen molar-refractivity contribution in [2.75, 3.05) is 5.73 Å². The van der Waals surface area contributed by atoms with Crippen LogP contribution in [0.2, 0.25) is 0 Å². The first-order valence-electron chi connectivity index (χ1n) is 4.67. The molecule has 0 amide bonds. The quantitative estimate of drug-likeness (QED) is 0.840. The number of nitrogens with two attached hydrogens (primary N) is 1. The highest BCUT2D eigenvalue weighted by atomic mass is 19.2. The number of rotatable bonds is 2. The summed E-state index contributed by atoms with van der Waals surface area (Å²) in [5, 5.41) is 7.46. The van der Waals surface area contributed by atoms with Gasteiger partial charge in [0.05, 0.1) is 12.2 Å². The van der Waals surface area contributed by atoms with E-state index in [1.807, 2.05) is 0 Å². The summed E-state index contributed by atoms with van der Waals surface area (Å²) in [6.45, 7) is 2.07. The number of halogens is 2. The molecular formula is C10H10F2N4. The minimum Gasteiger partial charge on any atom is -0.381 e. The SMILES string of the molecule is Cc1c(N)nnn1Cc1ccc(F)c(F)c1. The number of benzene rings is 1. The summed E-state index contributed by atoms with van der Waals surface area (Å²) in [6, 6.07) is 3.71. The monoisotopic (exact) mass is 224 g/mol. The van der Waals surface area contributed by atoms with E-state index < -0.39 is 11.6 Å². The van der Waals surface area contributed by atoms with Crippen LogP contribution in [-0.2, 0) is 6.54 Å². The maximum atomic E-state index is 12.9. The van der Waals surface area contributed by atoms with Crippen molar-refractivity contribution in [3.8, 4) is 0 Å². The summed E-state index contributed by atoms with van der Waals surface area (Å²) < 4.78 is 27.2. The maximum Gasteiger partial charge on any atom is 0.168 e. The predicted molar refractivity (Wildman–Crippen MR) is 54.6 cm³/mol. The molecule has 4 nitrogen and oxygen atoms in total. The normalized spacial score (nSPS) is 10.7. The molecule has 0 saturated carbocycles. The summed E-state index contributed by atoms with van der Waals surface area (Å²) in [6.07, 6.45) is 0. The molecule has 2 rings (SSSR count). The lowest BCUT2D eigenvalue weighted by atomic mass is 10.2. The zero-order valence-electron chi connectivity index (χ0n) is 8.61. The van der Waals surface area contributed by atoms with Crippen LogP contribution in [0.3, 0.4) is 0 Å². The highest BCUT2D eigenvalue weighted by molar-refractivity contribution is 5.32. The van der Waals surface area contributed by atoms with Gasteiger partial charge in [-0.05, 0) is 24.6 Å². The maximum absolute atomic E-state index is 12.9. The van der Waals surface area contributed by atoms with Crippen LogP contribution in [0.4, 0.5) is 14.6 Å². The van der Waals surface area contributed by atoms with Crippen molar-refractivity contribution in [1.82, 2.24) is 15.0 Å². The molecule has 2 aromatic rings. The van der Waals surface area contributed by atoms with Gasteiger partial charge in [0.1, 0.15) is 0 Å². The van der Waals surface area contributed by atoms with E-state index >= 15 is 0 Å². The van der Waals surface area contributed by atoms with E-state index in [0.717, 1.165) is 12.1 Å². The topological polar surface area (TPSA) is 56.7 Å². The van der Waals surface area contributed by atoms with E-state index in [-0.39, 0.29) is 0 Å². The first-order chi connectivity index (χ1) is 7.58. The van der Waals surface area contributed by atoms with Gasteiger partial charge in [0.25, 0.3) is 0 Å². The number of hydrogen-bond donors (Lipinski definition) is 1. The van der Waals surface area contributed by atoms with Crippen LogP contribution >= 0.6 is 0 Å². The van der Waals surface area contributed by atoms with Crippen LogP contribution in [0.25, 0.3) is 0 Å². The summed E-state index contributed by atoms with van der Waals surface area (Å²) in [4.78, 5) is 0. The van der Waals surface area contributed by atoms with Crippen molar-refractivity contribution < 1.29 is 8.78 Å². The molecule has 0 spiro atoms.